The zero-order chi connectivity index (χ0) is 23.3. The fourth-order valence-electron chi connectivity index (χ4n) is 3.10. The van der Waals surface area contributed by atoms with Crippen molar-refractivity contribution in [1.29, 1.82) is 0 Å². The van der Waals surface area contributed by atoms with E-state index in [0.717, 1.165) is 16.7 Å². The van der Waals surface area contributed by atoms with Crippen molar-refractivity contribution in [3.05, 3.63) is 95.1 Å². The van der Waals surface area contributed by atoms with Crippen LogP contribution in [0, 0.1) is 13.8 Å². The van der Waals surface area contributed by atoms with Gasteiger partial charge in [-0.3, -0.25) is 14.3 Å². The molecule has 1 atom stereocenters. The van der Waals surface area contributed by atoms with Crippen LogP contribution in [-0.4, -0.2) is 26.3 Å². The number of hydrogen-bond acceptors (Lipinski definition) is 4. The van der Waals surface area contributed by atoms with E-state index in [1.54, 1.807) is 18.2 Å². The van der Waals surface area contributed by atoms with Crippen LogP contribution < -0.4 is 15.8 Å². The SMILES string of the molecule is Cc1ccc(S(=O)(=O)Nc2ccc(C(=O)NC(Cc3ccccc3)C(N)=O)cc2)cc1C. The molecule has 3 aromatic carbocycles. The van der Waals surface area contributed by atoms with Gasteiger partial charge in [0.2, 0.25) is 5.91 Å². The van der Waals surface area contributed by atoms with Gasteiger partial charge in [-0.2, -0.15) is 0 Å². The van der Waals surface area contributed by atoms with E-state index in [4.69, 9.17) is 5.73 Å². The van der Waals surface area contributed by atoms with Gasteiger partial charge in [-0.05, 0) is 66.9 Å². The average molecular weight is 452 g/mol. The quantitative estimate of drug-likeness (QED) is 0.488. The minimum Gasteiger partial charge on any atom is -0.368 e. The lowest BCUT2D eigenvalue weighted by atomic mass is 10.0. The molecule has 3 rings (SSSR count). The van der Waals surface area contributed by atoms with E-state index >= 15 is 0 Å². The summed E-state index contributed by atoms with van der Waals surface area (Å²) in [5.74, 6) is -1.12. The molecule has 0 radical (unpaired) electrons. The zero-order valence-electron chi connectivity index (χ0n) is 17.8. The van der Waals surface area contributed by atoms with Crippen LogP contribution in [-0.2, 0) is 21.2 Å². The van der Waals surface area contributed by atoms with E-state index in [1.165, 1.54) is 24.3 Å². The Morgan fingerprint density at radius 1 is 0.906 bits per heavy atom. The fraction of sp³-hybridized carbons (Fsp3) is 0.167. The first-order valence-electron chi connectivity index (χ1n) is 10.00. The predicted molar refractivity (Wildman–Crippen MR) is 124 cm³/mol. The zero-order valence-corrected chi connectivity index (χ0v) is 18.6. The minimum absolute atomic E-state index is 0.160. The molecule has 0 heterocycles. The maximum atomic E-state index is 12.6. The van der Waals surface area contributed by atoms with Crippen LogP contribution >= 0.6 is 0 Å². The smallest absolute Gasteiger partial charge is 0.261 e. The maximum absolute atomic E-state index is 12.6. The van der Waals surface area contributed by atoms with Gasteiger partial charge in [0, 0.05) is 17.7 Å². The van der Waals surface area contributed by atoms with E-state index < -0.39 is 27.9 Å². The van der Waals surface area contributed by atoms with Crippen molar-refractivity contribution in [2.24, 2.45) is 5.73 Å². The van der Waals surface area contributed by atoms with Crippen LogP contribution in [0.1, 0.15) is 27.0 Å². The third kappa shape index (κ3) is 5.73. The minimum atomic E-state index is -3.76. The Kier molecular flexibility index (Phi) is 6.95. The second kappa shape index (κ2) is 9.65. The molecule has 32 heavy (non-hydrogen) atoms. The van der Waals surface area contributed by atoms with Crippen molar-refractivity contribution < 1.29 is 18.0 Å². The topological polar surface area (TPSA) is 118 Å². The monoisotopic (exact) mass is 451 g/mol. The molecule has 166 valence electrons. The van der Waals surface area contributed by atoms with E-state index in [0.29, 0.717) is 5.69 Å². The summed E-state index contributed by atoms with van der Waals surface area (Å²) >= 11 is 0. The van der Waals surface area contributed by atoms with Crippen LogP contribution in [0.3, 0.4) is 0 Å². The Morgan fingerprint density at radius 2 is 1.56 bits per heavy atom. The van der Waals surface area contributed by atoms with E-state index in [2.05, 4.69) is 10.0 Å². The maximum Gasteiger partial charge on any atom is 0.261 e. The van der Waals surface area contributed by atoms with E-state index in [1.807, 2.05) is 44.2 Å². The summed E-state index contributed by atoms with van der Waals surface area (Å²) in [6.07, 6.45) is 0.274. The number of carbonyl (C=O) groups excluding carboxylic acids is 2. The van der Waals surface area contributed by atoms with Crippen molar-refractivity contribution in [2.45, 2.75) is 31.2 Å². The summed E-state index contributed by atoms with van der Waals surface area (Å²) in [6.45, 7) is 3.75. The molecule has 0 aliphatic heterocycles. The van der Waals surface area contributed by atoms with Crippen molar-refractivity contribution in [3.8, 4) is 0 Å². The Labute approximate surface area is 187 Å². The highest BCUT2D eigenvalue weighted by Crippen LogP contribution is 2.19. The van der Waals surface area contributed by atoms with Crippen LogP contribution in [0.15, 0.2) is 77.7 Å². The molecule has 2 amide bonds. The van der Waals surface area contributed by atoms with Crippen LogP contribution in [0.2, 0.25) is 0 Å². The highest BCUT2D eigenvalue weighted by molar-refractivity contribution is 7.92. The Balaban J connectivity index is 1.69. The fourth-order valence-corrected chi connectivity index (χ4v) is 4.24. The Hall–Kier alpha value is -3.65. The highest BCUT2D eigenvalue weighted by Gasteiger charge is 2.20. The number of sulfonamides is 1. The number of nitrogens with two attached hydrogens (primary N) is 1. The third-order valence-electron chi connectivity index (χ3n) is 5.12. The highest BCUT2D eigenvalue weighted by atomic mass is 32.2. The molecule has 0 aliphatic carbocycles. The number of carbonyl (C=O) groups is 2. The van der Waals surface area contributed by atoms with Crippen LogP contribution in [0.4, 0.5) is 5.69 Å². The molecule has 1 unspecified atom stereocenters. The number of rotatable bonds is 8. The summed E-state index contributed by atoms with van der Waals surface area (Å²) in [6, 6.07) is 19.2. The molecule has 0 saturated heterocycles. The van der Waals surface area contributed by atoms with E-state index in [-0.39, 0.29) is 16.9 Å². The van der Waals surface area contributed by atoms with Gasteiger partial charge in [0.05, 0.1) is 4.90 Å². The number of benzene rings is 3. The molecule has 0 bridgehead atoms. The van der Waals surface area contributed by atoms with Gasteiger partial charge < -0.3 is 11.1 Å². The Morgan fingerprint density at radius 3 is 2.16 bits per heavy atom. The molecule has 7 nitrogen and oxygen atoms in total. The molecule has 0 saturated carbocycles. The number of hydrogen-bond donors (Lipinski definition) is 3. The van der Waals surface area contributed by atoms with Crippen LogP contribution in [0.5, 0.6) is 0 Å². The summed E-state index contributed by atoms with van der Waals surface area (Å²) < 4.78 is 27.8. The van der Waals surface area contributed by atoms with Gasteiger partial charge in [-0.1, -0.05) is 36.4 Å². The van der Waals surface area contributed by atoms with Gasteiger partial charge in [-0.15, -0.1) is 0 Å². The van der Waals surface area contributed by atoms with Crippen molar-refractivity contribution >= 4 is 27.5 Å². The second-order valence-corrected chi connectivity index (χ2v) is 9.23. The molecule has 0 aliphatic rings. The first kappa shape index (κ1) is 23.0. The number of anilines is 1. The van der Waals surface area contributed by atoms with Crippen molar-refractivity contribution in [2.75, 3.05) is 4.72 Å². The van der Waals surface area contributed by atoms with Gasteiger partial charge in [0.25, 0.3) is 15.9 Å². The molecule has 0 fully saturated rings. The average Bonchev–Trinajstić information content (AvgIpc) is 2.76. The first-order valence-corrected chi connectivity index (χ1v) is 11.5. The summed E-state index contributed by atoms with van der Waals surface area (Å²) in [7, 11) is -3.76. The van der Waals surface area contributed by atoms with Gasteiger partial charge >= 0.3 is 0 Å². The number of primary amides is 1. The Bertz CT molecular complexity index is 1220. The molecule has 3 aromatic rings. The summed E-state index contributed by atoms with van der Waals surface area (Å²) in [5, 5.41) is 2.63. The lowest BCUT2D eigenvalue weighted by molar-refractivity contribution is -0.119. The molecule has 0 spiro atoms. The molecular weight excluding hydrogens is 426 g/mol. The van der Waals surface area contributed by atoms with Gasteiger partial charge in [0.1, 0.15) is 6.04 Å². The molecule has 4 N–H and O–H groups in total. The molecule has 8 heteroatoms. The van der Waals surface area contributed by atoms with Gasteiger partial charge in [-0.25, -0.2) is 8.42 Å². The van der Waals surface area contributed by atoms with Crippen molar-refractivity contribution in [1.82, 2.24) is 5.32 Å². The normalized spacial score (nSPS) is 12.1. The lowest BCUT2D eigenvalue weighted by Crippen LogP contribution is -2.45. The lowest BCUT2D eigenvalue weighted by Gasteiger charge is -2.16. The number of aryl methyl sites for hydroxylation is 2. The number of amides is 2. The van der Waals surface area contributed by atoms with Crippen molar-refractivity contribution in [3.63, 3.8) is 0 Å². The van der Waals surface area contributed by atoms with Gasteiger partial charge in [0.15, 0.2) is 0 Å². The summed E-state index contributed by atoms with van der Waals surface area (Å²) in [4.78, 5) is 24.5. The second-order valence-electron chi connectivity index (χ2n) is 7.55. The van der Waals surface area contributed by atoms with Crippen LogP contribution in [0.25, 0.3) is 0 Å². The predicted octanol–water partition coefficient (Wildman–Crippen LogP) is 2.93. The largest absolute Gasteiger partial charge is 0.368 e. The summed E-state index contributed by atoms with van der Waals surface area (Å²) in [5.41, 5.74) is 8.78. The third-order valence-corrected chi connectivity index (χ3v) is 6.50. The molecular formula is C24H25N3O4S. The number of nitrogens with one attached hydrogen (secondary N) is 2. The first-order chi connectivity index (χ1) is 15.2. The molecule has 0 aromatic heterocycles. The standard InChI is InChI=1S/C24H25N3O4S/c1-16-8-13-21(14-17(16)2)32(30,31)27-20-11-9-19(10-12-20)24(29)26-22(23(25)28)15-18-6-4-3-5-7-18/h3-14,22,27H,15H2,1-2H3,(H2,25,28)(H,26,29). The van der Waals surface area contributed by atoms with E-state index in [9.17, 15) is 18.0 Å².